The van der Waals surface area contributed by atoms with E-state index in [1.165, 1.54) is 77.6 Å². The topological polar surface area (TPSA) is 138 Å². The van der Waals surface area contributed by atoms with Gasteiger partial charge in [0.05, 0.1) is 0 Å². The molecule has 0 bridgehead atoms. The fourth-order valence-corrected chi connectivity index (χ4v) is 7.97. The van der Waals surface area contributed by atoms with Crippen molar-refractivity contribution in [3.05, 3.63) is 0 Å². The third-order valence-corrected chi connectivity index (χ3v) is 19.5. The van der Waals surface area contributed by atoms with E-state index in [4.69, 9.17) is 37.6 Å². The predicted octanol–water partition coefficient (Wildman–Crippen LogP) is 9.76. The van der Waals surface area contributed by atoms with Crippen molar-refractivity contribution in [2.24, 2.45) is 11.3 Å². The highest BCUT2D eigenvalue weighted by molar-refractivity contribution is 6.74. The van der Waals surface area contributed by atoms with Crippen molar-refractivity contribution in [3.63, 3.8) is 0 Å². The summed E-state index contributed by atoms with van der Waals surface area (Å²) in [6.07, 6.45) is 16.6. The molecule has 0 N–H and O–H groups in total. The minimum absolute atomic E-state index is 0.250. The second-order valence-corrected chi connectivity index (χ2v) is 25.5. The van der Waals surface area contributed by atoms with E-state index < -0.39 is 16.6 Å². The molecule has 276 valence electrons. The van der Waals surface area contributed by atoms with Gasteiger partial charge in [0.15, 0.2) is 16.6 Å². The zero-order chi connectivity index (χ0) is 38.1. The number of hydrogen-bond acceptors (Lipinski definition) is 9. The van der Waals surface area contributed by atoms with Crippen LogP contribution in [0.25, 0.3) is 0 Å². The van der Waals surface area contributed by atoms with Crippen molar-refractivity contribution in [3.8, 4) is 0 Å². The minimum atomic E-state index is -1.56. The van der Waals surface area contributed by atoms with E-state index in [1.54, 1.807) is 0 Å². The van der Waals surface area contributed by atoms with E-state index in [1.807, 2.05) is 0 Å². The van der Waals surface area contributed by atoms with Crippen LogP contribution in [0.15, 0.2) is 0 Å². The van der Waals surface area contributed by atoms with Gasteiger partial charge >= 0.3 is 18.5 Å². The summed E-state index contributed by atoms with van der Waals surface area (Å²) in [6.45, 7) is 31.9. The Balaban J connectivity index is -0.000000289. The Hall–Kier alpha value is -1.55. The Kier molecular flexibility index (Phi) is 29.3. The summed E-state index contributed by atoms with van der Waals surface area (Å²) >= 11 is 4.64. The van der Waals surface area contributed by atoms with Crippen LogP contribution in [0.4, 0.5) is 0 Å². The maximum Gasteiger partial charge on any atom is 0.373 e. The lowest BCUT2D eigenvalue weighted by Gasteiger charge is -2.44. The summed E-state index contributed by atoms with van der Waals surface area (Å²) < 4.78 is 13.0. The monoisotopic (exact) mass is 722 g/mol. The van der Waals surface area contributed by atoms with Crippen molar-refractivity contribution in [2.45, 2.75) is 188 Å². The molecule has 0 aromatic heterocycles. The second-order valence-electron chi connectivity index (χ2n) is 15.4. The van der Waals surface area contributed by atoms with Gasteiger partial charge < -0.3 is 8.85 Å². The van der Waals surface area contributed by atoms with Crippen molar-refractivity contribution in [1.82, 2.24) is 0 Å². The van der Waals surface area contributed by atoms with Crippen LogP contribution in [0.1, 0.15) is 140 Å². The van der Waals surface area contributed by atoms with Gasteiger partial charge in [-0.2, -0.15) is 28.8 Å². The average Bonchev–Trinajstić information content (AvgIpc) is 2.94. The van der Waals surface area contributed by atoms with Crippen LogP contribution in [-0.4, -0.2) is 52.5 Å². The van der Waals surface area contributed by atoms with Gasteiger partial charge in [-0.05, 0) is 111 Å². The summed E-state index contributed by atoms with van der Waals surface area (Å²) in [5, 5.41) is 0.339. The molecule has 0 radical (unpaired) electrons. The molecule has 0 saturated heterocycles. The quantitative estimate of drug-likeness (QED) is 0.186. The normalized spacial score (nSPS) is 19.1. The van der Waals surface area contributed by atoms with E-state index >= 15 is 0 Å². The van der Waals surface area contributed by atoms with Gasteiger partial charge in [-0.3, -0.25) is 4.79 Å². The molecular formula is C35H67ClO9Si2. The fourth-order valence-electron chi connectivity index (χ4n) is 5.12. The Labute approximate surface area is 293 Å². The van der Waals surface area contributed by atoms with Crippen LogP contribution >= 0.6 is 11.6 Å². The molecule has 0 atom stereocenters. The summed E-state index contributed by atoms with van der Waals surface area (Å²) in [4.78, 5) is 58.0. The van der Waals surface area contributed by atoms with E-state index in [9.17, 15) is 4.79 Å². The first-order chi connectivity index (χ1) is 21.4. The van der Waals surface area contributed by atoms with Crippen molar-refractivity contribution < 1.29 is 42.4 Å². The number of carbonyl (C=O) groups is 1. The molecule has 0 amide bonds. The molecule has 2 aliphatic rings. The molecule has 0 spiro atoms. The first-order valence-electron chi connectivity index (χ1n) is 16.9. The molecule has 2 saturated carbocycles. The average molecular weight is 724 g/mol. The zero-order valence-electron chi connectivity index (χ0n) is 32.1. The molecule has 0 aromatic carbocycles. The van der Waals surface area contributed by atoms with Crippen molar-refractivity contribution in [1.29, 1.82) is 0 Å². The molecular weight excluding hydrogens is 656 g/mol. The van der Waals surface area contributed by atoms with Crippen LogP contribution in [0.2, 0.25) is 36.3 Å². The number of rotatable bonds is 7. The Morgan fingerprint density at radius 3 is 1.13 bits per heavy atom. The van der Waals surface area contributed by atoms with Crippen molar-refractivity contribution >= 4 is 51.9 Å². The lowest BCUT2D eigenvalue weighted by atomic mass is 9.70. The molecule has 12 heteroatoms. The van der Waals surface area contributed by atoms with Gasteiger partial charge in [0.2, 0.25) is 5.24 Å². The van der Waals surface area contributed by atoms with Gasteiger partial charge in [0, 0.05) is 19.1 Å². The van der Waals surface area contributed by atoms with Crippen LogP contribution in [-0.2, 0) is 42.4 Å². The first kappa shape index (κ1) is 52.3. The van der Waals surface area contributed by atoms with Gasteiger partial charge in [0.25, 0.3) is 0 Å². The summed E-state index contributed by atoms with van der Waals surface area (Å²) in [5.41, 5.74) is 0.632. The van der Waals surface area contributed by atoms with Crippen molar-refractivity contribution in [2.75, 3.05) is 0 Å². The maximum absolute atomic E-state index is 9.21. The van der Waals surface area contributed by atoms with E-state index in [2.05, 4.69) is 100 Å². The Morgan fingerprint density at radius 1 is 0.660 bits per heavy atom. The predicted molar refractivity (Wildman–Crippen MR) is 189 cm³/mol. The molecule has 0 unspecified atom stereocenters. The Morgan fingerprint density at radius 2 is 0.915 bits per heavy atom. The lowest BCUT2D eigenvalue weighted by molar-refractivity contribution is -0.193. The maximum atomic E-state index is 9.21. The van der Waals surface area contributed by atoms with E-state index in [0.29, 0.717) is 27.7 Å². The van der Waals surface area contributed by atoms with E-state index in [0.717, 1.165) is 5.92 Å². The summed E-state index contributed by atoms with van der Waals surface area (Å²) in [5.74, 6) is 0.972. The highest BCUT2D eigenvalue weighted by Gasteiger charge is 2.42. The highest BCUT2D eigenvalue weighted by atomic mass is 35.5. The number of carbonyl (C=O) groups excluding carboxylic acids is 7. The lowest BCUT2D eigenvalue weighted by Crippen LogP contribution is -2.45. The summed E-state index contributed by atoms with van der Waals surface area (Å²) in [7, 11) is -3.08. The molecule has 0 heterocycles. The molecule has 9 nitrogen and oxygen atoms in total. The smallest absolute Gasteiger partial charge is 0.373 e. The Bertz CT molecular complexity index is 883. The van der Waals surface area contributed by atoms with Gasteiger partial charge in [0.1, 0.15) is 0 Å². The number of halogens is 1. The van der Waals surface area contributed by atoms with Crippen LogP contribution < -0.4 is 0 Å². The third kappa shape index (κ3) is 25.1. The molecule has 2 rings (SSSR count). The first-order valence-corrected chi connectivity index (χ1v) is 23.1. The summed E-state index contributed by atoms with van der Waals surface area (Å²) in [6, 6.07) is 0. The minimum Gasteiger partial charge on any atom is -0.414 e. The molecule has 2 fully saturated rings. The van der Waals surface area contributed by atoms with Crippen LogP contribution in [0, 0.1) is 11.3 Å². The number of hydrogen-bond donors (Lipinski definition) is 0. The van der Waals surface area contributed by atoms with Crippen LogP contribution in [0.5, 0.6) is 0 Å². The molecule has 2 aliphatic carbocycles. The highest BCUT2D eigenvalue weighted by Crippen LogP contribution is 2.45. The fraction of sp³-hybridized carbons (Fsp3) is 0.886. The van der Waals surface area contributed by atoms with Gasteiger partial charge in [-0.15, -0.1) is 0 Å². The standard InChI is InChI=1S/C16H34OSi.C14H30OSi.C2H3ClO.3CO2/c1-8-16(9-2)12-10-14(11-13-16)17-18(6,7)15(3,4)5;1-7-12-8-10-13(11-9-12)15-16(5,6)14(2,3)4;1-2(3)4;3*2-1-3/h14H,8-13H2,1-7H3;12-13H,7-11H2,1-6H3;1H3;;;. The van der Waals surface area contributed by atoms with E-state index in [-0.39, 0.29) is 23.7 Å². The van der Waals surface area contributed by atoms with Gasteiger partial charge in [-0.25, -0.2) is 0 Å². The molecule has 0 aliphatic heterocycles. The van der Waals surface area contributed by atoms with Gasteiger partial charge in [-0.1, -0.05) is 81.6 Å². The molecule has 47 heavy (non-hydrogen) atoms. The van der Waals surface area contributed by atoms with Crippen LogP contribution in [0.3, 0.4) is 0 Å². The SMILES string of the molecule is CC(=O)Cl.CCC1(CC)CCC(O[Si](C)(C)C(C)(C)C)CC1.CCC1CCC(O[Si](C)(C)C(C)(C)C)CC1.O=C=O.O=C=O.O=C=O. The second kappa shape index (κ2) is 26.3. The third-order valence-electron chi connectivity index (χ3n) is 10.4. The molecule has 0 aromatic rings. The zero-order valence-corrected chi connectivity index (χ0v) is 34.8. The largest absolute Gasteiger partial charge is 0.414 e.